The molecular formula is C23H14N6. The second kappa shape index (κ2) is 6.17. The van der Waals surface area contributed by atoms with E-state index in [9.17, 15) is 0 Å². The van der Waals surface area contributed by atoms with E-state index in [1.165, 1.54) is 0 Å². The minimum Gasteiger partial charge on any atom is -0.282 e. The zero-order valence-electron chi connectivity index (χ0n) is 15.3. The maximum absolute atomic E-state index is 4.46. The van der Waals surface area contributed by atoms with Gasteiger partial charge in [0.05, 0.1) is 16.6 Å². The first kappa shape index (κ1) is 15.8. The molecular weight excluding hydrogens is 360 g/mol. The highest BCUT2D eigenvalue weighted by Gasteiger charge is 2.12. The lowest BCUT2D eigenvalue weighted by molar-refractivity contribution is 1.11. The van der Waals surface area contributed by atoms with E-state index in [1.54, 1.807) is 12.4 Å². The molecule has 6 aromatic rings. The van der Waals surface area contributed by atoms with Crippen molar-refractivity contribution in [2.24, 2.45) is 0 Å². The number of nitrogens with zero attached hydrogens (tertiary/aromatic N) is 6. The molecule has 2 aromatic carbocycles. The first-order valence-electron chi connectivity index (χ1n) is 9.27. The van der Waals surface area contributed by atoms with E-state index in [0.29, 0.717) is 0 Å². The van der Waals surface area contributed by atoms with Crippen molar-refractivity contribution in [1.29, 1.82) is 0 Å². The third kappa shape index (κ3) is 2.54. The Bertz CT molecular complexity index is 1510. The molecule has 6 nitrogen and oxygen atoms in total. The van der Waals surface area contributed by atoms with Gasteiger partial charge in [0.2, 0.25) is 0 Å². The summed E-state index contributed by atoms with van der Waals surface area (Å²) in [5.74, 6) is 0.800. The fourth-order valence-corrected chi connectivity index (χ4v) is 3.69. The van der Waals surface area contributed by atoms with Crippen LogP contribution >= 0.6 is 0 Å². The lowest BCUT2D eigenvalue weighted by atomic mass is 10.1. The van der Waals surface area contributed by atoms with Gasteiger partial charge in [-0.3, -0.25) is 19.4 Å². The molecule has 4 aromatic heterocycles. The summed E-state index contributed by atoms with van der Waals surface area (Å²) in [6.07, 6.45) is 7.23. The van der Waals surface area contributed by atoms with Crippen molar-refractivity contribution in [3.63, 3.8) is 0 Å². The molecule has 29 heavy (non-hydrogen) atoms. The van der Waals surface area contributed by atoms with Gasteiger partial charge in [0.1, 0.15) is 0 Å². The van der Waals surface area contributed by atoms with Crippen LogP contribution in [-0.2, 0) is 0 Å². The molecule has 0 saturated carbocycles. The van der Waals surface area contributed by atoms with Crippen LogP contribution in [0.5, 0.6) is 0 Å². The van der Waals surface area contributed by atoms with Crippen LogP contribution in [0.3, 0.4) is 0 Å². The van der Waals surface area contributed by atoms with Crippen LogP contribution in [0.25, 0.3) is 50.1 Å². The second-order valence-corrected chi connectivity index (χ2v) is 6.80. The molecule has 4 heterocycles. The van der Waals surface area contributed by atoms with Crippen LogP contribution in [0.1, 0.15) is 0 Å². The van der Waals surface area contributed by atoms with Gasteiger partial charge in [-0.15, -0.1) is 10.2 Å². The summed E-state index contributed by atoms with van der Waals surface area (Å²) < 4.78 is 2.01. The molecule has 0 amide bonds. The average Bonchev–Trinajstić information content (AvgIpc) is 3.21. The van der Waals surface area contributed by atoms with E-state index in [0.717, 1.165) is 50.1 Å². The normalized spacial score (nSPS) is 11.4. The molecule has 0 saturated heterocycles. The number of hydrogen-bond donors (Lipinski definition) is 0. The fourth-order valence-electron chi connectivity index (χ4n) is 3.69. The highest BCUT2D eigenvalue weighted by atomic mass is 15.2. The molecule has 0 N–H and O–H groups in total. The van der Waals surface area contributed by atoms with E-state index < -0.39 is 0 Å². The number of pyridine rings is 2. The third-order valence-electron chi connectivity index (χ3n) is 5.10. The first-order valence-corrected chi connectivity index (χ1v) is 9.27. The summed E-state index contributed by atoms with van der Waals surface area (Å²) >= 11 is 0. The topological polar surface area (TPSA) is 68.9 Å². The molecule has 6 heteroatoms. The van der Waals surface area contributed by atoms with Gasteiger partial charge in [0.25, 0.3) is 0 Å². The first-order chi connectivity index (χ1) is 14.4. The second-order valence-electron chi connectivity index (χ2n) is 6.80. The van der Waals surface area contributed by atoms with E-state index >= 15 is 0 Å². The molecule has 0 spiro atoms. The molecule has 136 valence electrons. The number of rotatable bonds is 2. The summed E-state index contributed by atoms with van der Waals surface area (Å²) in [6, 6.07) is 20.2. The van der Waals surface area contributed by atoms with Crippen LogP contribution in [0, 0.1) is 0 Å². The zero-order chi connectivity index (χ0) is 19.2. The largest absolute Gasteiger partial charge is 0.282 e. The summed E-state index contributed by atoms with van der Waals surface area (Å²) in [5.41, 5.74) is 6.62. The van der Waals surface area contributed by atoms with Crippen molar-refractivity contribution < 1.29 is 0 Å². The summed E-state index contributed by atoms with van der Waals surface area (Å²) in [4.78, 5) is 13.2. The van der Waals surface area contributed by atoms with Crippen LogP contribution in [0.2, 0.25) is 0 Å². The SMILES string of the molecule is c1ccc2c(-c3nnc4cc(-c5ccc6nccnc6c5)ccn34)ccnc2c1. The Morgan fingerprint density at radius 1 is 0.621 bits per heavy atom. The molecule has 0 fully saturated rings. The highest BCUT2D eigenvalue weighted by molar-refractivity contribution is 5.93. The van der Waals surface area contributed by atoms with Gasteiger partial charge in [-0.05, 0) is 47.5 Å². The number of para-hydroxylation sites is 1. The molecule has 0 radical (unpaired) electrons. The van der Waals surface area contributed by atoms with Crippen LogP contribution in [0.15, 0.2) is 85.5 Å². The standard InChI is InChI=1S/C23H14N6/c1-2-4-19-17(3-1)18(7-9-24-19)23-28-27-22-14-16(8-12-29(22)23)15-5-6-20-21(13-15)26-11-10-25-20/h1-14H. The predicted octanol–water partition coefficient (Wildman–Crippen LogP) is 4.55. The van der Waals surface area contributed by atoms with Gasteiger partial charge in [-0.25, -0.2) is 0 Å². The number of hydrogen-bond acceptors (Lipinski definition) is 5. The van der Waals surface area contributed by atoms with E-state index in [1.807, 2.05) is 59.3 Å². The number of fused-ring (bicyclic) bond motifs is 3. The Hall–Kier alpha value is -4.19. The van der Waals surface area contributed by atoms with Crippen molar-refractivity contribution in [3.8, 4) is 22.5 Å². The van der Waals surface area contributed by atoms with Gasteiger partial charge >= 0.3 is 0 Å². The van der Waals surface area contributed by atoms with Gasteiger partial charge in [0.15, 0.2) is 11.5 Å². The lowest BCUT2D eigenvalue weighted by Gasteiger charge is -2.06. The maximum Gasteiger partial charge on any atom is 0.169 e. The van der Waals surface area contributed by atoms with Gasteiger partial charge in [0, 0.05) is 35.7 Å². The average molecular weight is 374 g/mol. The van der Waals surface area contributed by atoms with E-state index in [2.05, 4.69) is 43.3 Å². The maximum atomic E-state index is 4.46. The molecule has 0 aliphatic carbocycles. The van der Waals surface area contributed by atoms with Gasteiger partial charge in [-0.2, -0.15) is 0 Å². The molecule has 0 atom stereocenters. The zero-order valence-corrected chi connectivity index (χ0v) is 15.3. The van der Waals surface area contributed by atoms with Crippen LogP contribution in [-0.4, -0.2) is 29.5 Å². The Morgan fingerprint density at radius 3 is 2.41 bits per heavy atom. The predicted molar refractivity (Wildman–Crippen MR) is 112 cm³/mol. The summed E-state index contributed by atoms with van der Waals surface area (Å²) in [5, 5.41) is 9.94. The Morgan fingerprint density at radius 2 is 1.45 bits per heavy atom. The van der Waals surface area contributed by atoms with Gasteiger partial charge in [-0.1, -0.05) is 24.3 Å². The Labute approximate surface area is 165 Å². The Kier molecular flexibility index (Phi) is 3.37. The van der Waals surface area contributed by atoms with Crippen molar-refractivity contribution in [2.45, 2.75) is 0 Å². The lowest BCUT2D eigenvalue weighted by Crippen LogP contribution is -1.92. The van der Waals surface area contributed by atoms with Crippen molar-refractivity contribution >= 4 is 27.6 Å². The fraction of sp³-hybridized carbons (Fsp3) is 0. The Balaban J connectivity index is 1.50. The number of aromatic nitrogens is 6. The summed E-state index contributed by atoms with van der Waals surface area (Å²) in [7, 11) is 0. The van der Waals surface area contributed by atoms with Crippen molar-refractivity contribution in [2.75, 3.05) is 0 Å². The van der Waals surface area contributed by atoms with Crippen molar-refractivity contribution in [3.05, 3.63) is 85.5 Å². The molecule has 0 bridgehead atoms. The van der Waals surface area contributed by atoms with Crippen LogP contribution < -0.4 is 0 Å². The third-order valence-corrected chi connectivity index (χ3v) is 5.10. The summed E-state index contributed by atoms with van der Waals surface area (Å²) in [6.45, 7) is 0. The molecule has 0 aliphatic rings. The molecule has 0 aliphatic heterocycles. The smallest absolute Gasteiger partial charge is 0.169 e. The number of benzene rings is 2. The minimum atomic E-state index is 0.789. The van der Waals surface area contributed by atoms with Gasteiger partial charge < -0.3 is 0 Å². The van der Waals surface area contributed by atoms with Crippen molar-refractivity contribution in [1.82, 2.24) is 29.5 Å². The monoisotopic (exact) mass is 374 g/mol. The van der Waals surface area contributed by atoms with E-state index in [4.69, 9.17) is 0 Å². The molecule has 6 rings (SSSR count). The quantitative estimate of drug-likeness (QED) is 0.445. The minimum absolute atomic E-state index is 0.789. The highest BCUT2D eigenvalue weighted by Crippen LogP contribution is 2.28. The molecule has 0 unspecified atom stereocenters. The van der Waals surface area contributed by atoms with Crippen LogP contribution in [0.4, 0.5) is 0 Å². The van der Waals surface area contributed by atoms with E-state index in [-0.39, 0.29) is 0 Å².